The summed E-state index contributed by atoms with van der Waals surface area (Å²) in [5.41, 5.74) is 3.39. The summed E-state index contributed by atoms with van der Waals surface area (Å²) in [5.74, 6) is 0.919. The van der Waals surface area contributed by atoms with Crippen LogP contribution in [0.25, 0.3) is 22.2 Å². The molecule has 1 aliphatic rings. The summed E-state index contributed by atoms with van der Waals surface area (Å²) < 4.78 is 10.6. The second-order valence-electron chi connectivity index (χ2n) is 8.50. The van der Waals surface area contributed by atoms with Gasteiger partial charge in [-0.25, -0.2) is 4.98 Å². The van der Waals surface area contributed by atoms with Crippen LogP contribution < -0.4 is 9.47 Å². The summed E-state index contributed by atoms with van der Waals surface area (Å²) in [4.78, 5) is 39.3. The van der Waals surface area contributed by atoms with Crippen molar-refractivity contribution in [2.24, 2.45) is 0 Å². The van der Waals surface area contributed by atoms with E-state index in [0.717, 1.165) is 16.5 Å². The molecular weight excluding hydrogens is 456 g/mol. The van der Waals surface area contributed by atoms with E-state index in [0.29, 0.717) is 54.5 Å². The van der Waals surface area contributed by atoms with Gasteiger partial charge < -0.3 is 19.3 Å². The summed E-state index contributed by atoms with van der Waals surface area (Å²) in [7, 11) is 3.10. The van der Waals surface area contributed by atoms with E-state index in [4.69, 9.17) is 14.5 Å². The molecule has 0 bridgehead atoms. The molecule has 1 saturated heterocycles. The number of fused-ring (bicyclic) bond motifs is 1. The highest BCUT2D eigenvalue weighted by Crippen LogP contribution is 2.27. The van der Waals surface area contributed by atoms with Crippen LogP contribution in [0.15, 0.2) is 73.1 Å². The number of carbonyl (C=O) groups is 2. The van der Waals surface area contributed by atoms with Crippen molar-refractivity contribution in [1.82, 2.24) is 19.8 Å². The Morgan fingerprint density at radius 2 is 1.47 bits per heavy atom. The fraction of sp³-hybridized carbons (Fsp3) is 0.214. The molecule has 1 fully saturated rings. The lowest BCUT2D eigenvalue weighted by Gasteiger charge is -2.35. The third kappa shape index (κ3) is 4.57. The highest BCUT2D eigenvalue weighted by atomic mass is 16.5. The van der Waals surface area contributed by atoms with Gasteiger partial charge in [0, 0.05) is 61.2 Å². The average molecular weight is 483 g/mol. The lowest BCUT2D eigenvalue weighted by atomic mass is 10.0. The Morgan fingerprint density at radius 1 is 0.806 bits per heavy atom. The fourth-order valence-corrected chi connectivity index (χ4v) is 4.41. The molecule has 0 saturated carbocycles. The summed E-state index contributed by atoms with van der Waals surface area (Å²) in [6.07, 6.45) is 3.45. The molecule has 0 N–H and O–H groups in total. The first kappa shape index (κ1) is 23.3. The van der Waals surface area contributed by atoms with Crippen molar-refractivity contribution >= 4 is 22.7 Å². The molecule has 5 rings (SSSR count). The summed E-state index contributed by atoms with van der Waals surface area (Å²) in [5, 5.41) is 0.803. The number of nitrogens with zero attached hydrogens (tertiary/aromatic N) is 4. The fourth-order valence-electron chi connectivity index (χ4n) is 4.41. The smallest absolute Gasteiger partial charge is 0.254 e. The largest absolute Gasteiger partial charge is 0.497 e. The zero-order valence-electron chi connectivity index (χ0n) is 20.2. The highest BCUT2D eigenvalue weighted by Gasteiger charge is 2.27. The number of hydrogen-bond acceptors (Lipinski definition) is 6. The number of benzene rings is 2. The molecule has 3 heterocycles. The molecule has 36 heavy (non-hydrogen) atoms. The van der Waals surface area contributed by atoms with Gasteiger partial charge in [-0.3, -0.25) is 14.6 Å². The maximum Gasteiger partial charge on any atom is 0.254 e. The zero-order valence-corrected chi connectivity index (χ0v) is 20.2. The van der Waals surface area contributed by atoms with Gasteiger partial charge in [-0.15, -0.1) is 0 Å². The molecule has 0 atom stereocenters. The lowest BCUT2D eigenvalue weighted by Crippen LogP contribution is -2.50. The number of methoxy groups -OCH3 is 2. The van der Waals surface area contributed by atoms with Crippen LogP contribution in [0.1, 0.15) is 20.7 Å². The van der Waals surface area contributed by atoms with Gasteiger partial charge in [0.25, 0.3) is 11.8 Å². The Morgan fingerprint density at radius 3 is 2.11 bits per heavy atom. The highest BCUT2D eigenvalue weighted by molar-refractivity contribution is 6.07. The summed E-state index contributed by atoms with van der Waals surface area (Å²) in [6.45, 7) is 1.74. The van der Waals surface area contributed by atoms with Crippen LogP contribution in [0.4, 0.5) is 0 Å². The Bertz CT molecular complexity index is 1390. The van der Waals surface area contributed by atoms with Crippen LogP contribution in [-0.2, 0) is 0 Å². The number of pyridine rings is 2. The molecule has 0 radical (unpaired) electrons. The van der Waals surface area contributed by atoms with Crippen molar-refractivity contribution < 1.29 is 19.1 Å². The van der Waals surface area contributed by atoms with Crippen molar-refractivity contribution in [3.05, 3.63) is 84.2 Å². The lowest BCUT2D eigenvalue weighted by molar-refractivity contribution is 0.0536. The van der Waals surface area contributed by atoms with Gasteiger partial charge in [-0.1, -0.05) is 18.2 Å². The zero-order chi connectivity index (χ0) is 25.1. The first-order chi connectivity index (χ1) is 17.6. The molecule has 4 aromatic rings. The van der Waals surface area contributed by atoms with Crippen LogP contribution in [0.2, 0.25) is 0 Å². The van der Waals surface area contributed by atoms with Crippen molar-refractivity contribution in [3.63, 3.8) is 0 Å². The maximum atomic E-state index is 13.7. The van der Waals surface area contributed by atoms with Gasteiger partial charge in [-0.2, -0.15) is 0 Å². The second-order valence-corrected chi connectivity index (χ2v) is 8.50. The monoisotopic (exact) mass is 482 g/mol. The van der Waals surface area contributed by atoms with Crippen LogP contribution in [0.5, 0.6) is 11.5 Å². The Balaban J connectivity index is 1.37. The SMILES string of the molecule is COc1cc(OC)cc(C(=O)N2CCN(C(=O)c3cc(-c4cccnc4)nc4ccccc34)CC2)c1. The molecule has 2 aromatic heterocycles. The number of rotatable bonds is 5. The van der Waals surface area contributed by atoms with Crippen LogP contribution >= 0.6 is 0 Å². The predicted octanol–water partition coefficient (Wildman–Crippen LogP) is 3.91. The van der Waals surface area contributed by atoms with Crippen LogP contribution in [-0.4, -0.2) is 72.0 Å². The number of ether oxygens (including phenoxy) is 2. The number of hydrogen-bond donors (Lipinski definition) is 0. The predicted molar refractivity (Wildman–Crippen MR) is 136 cm³/mol. The van der Waals surface area contributed by atoms with E-state index >= 15 is 0 Å². The first-order valence-corrected chi connectivity index (χ1v) is 11.7. The summed E-state index contributed by atoms with van der Waals surface area (Å²) in [6, 6.07) is 18.4. The number of para-hydroxylation sites is 1. The maximum absolute atomic E-state index is 13.7. The van der Waals surface area contributed by atoms with Crippen LogP contribution in [0, 0.1) is 0 Å². The van der Waals surface area contributed by atoms with E-state index in [9.17, 15) is 9.59 Å². The molecule has 0 aliphatic carbocycles. The average Bonchev–Trinajstić information content (AvgIpc) is 2.96. The number of piperazine rings is 1. The summed E-state index contributed by atoms with van der Waals surface area (Å²) >= 11 is 0. The first-order valence-electron chi connectivity index (χ1n) is 11.7. The number of aromatic nitrogens is 2. The third-order valence-electron chi connectivity index (χ3n) is 6.36. The Labute approximate surface area is 209 Å². The van der Waals surface area contributed by atoms with E-state index < -0.39 is 0 Å². The molecule has 8 heteroatoms. The second kappa shape index (κ2) is 10.0. The van der Waals surface area contributed by atoms with Crippen molar-refractivity contribution in [2.45, 2.75) is 0 Å². The minimum Gasteiger partial charge on any atom is -0.497 e. The number of carbonyl (C=O) groups excluding carboxylic acids is 2. The van der Waals surface area contributed by atoms with E-state index in [2.05, 4.69) is 4.98 Å². The normalized spacial score (nSPS) is 13.5. The van der Waals surface area contributed by atoms with Crippen molar-refractivity contribution in [3.8, 4) is 22.8 Å². The van der Waals surface area contributed by atoms with Gasteiger partial charge in [0.05, 0.1) is 31.0 Å². The molecule has 0 spiro atoms. The quantitative estimate of drug-likeness (QED) is 0.429. The van der Waals surface area contributed by atoms with Crippen LogP contribution in [0.3, 0.4) is 0 Å². The molecule has 0 unspecified atom stereocenters. The molecule has 2 amide bonds. The van der Waals surface area contributed by atoms with Crippen molar-refractivity contribution in [2.75, 3.05) is 40.4 Å². The Kier molecular flexibility index (Phi) is 6.49. The van der Waals surface area contributed by atoms with Gasteiger partial charge in [-0.05, 0) is 36.4 Å². The standard InChI is InChI=1S/C28H26N4O4/c1-35-21-14-20(15-22(16-21)36-2)27(33)31-10-12-32(13-11-31)28(34)24-17-26(19-6-5-9-29-18-19)30-25-8-4-3-7-23(24)25/h3-9,14-18H,10-13H2,1-2H3. The minimum absolute atomic E-state index is 0.0751. The number of amides is 2. The molecule has 2 aromatic carbocycles. The van der Waals surface area contributed by atoms with Gasteiger partial charge >= 0.3 is 0 Å². The molecular formula is C28H26N4O4. The van der Waals surface area contributed by atoms with Crippen molar-refractivity contribution in [1.29, 1.82) is 0 Å². The third-order valence-corrected chi connectivity index (χ3v) is 6.36. The van der Waals surface area contributed by atoms with E-state index in [1.54, 1.807) is 54.6 Å². The topological polar surface area (TPSA) is 84.9 Å². The molecule has 1 aliphatic heterocycles. The minimum atomic E-state index is -0.118. The van der Waals surface area contributed by atoms with E-state index in [1.165, 1.54) is 0 Å². The van der Waals surface area contributed by atoms with E-state index in [-0.39, 0.29) is 11.8 Å². The van der Waals surface area contributed by atoms with Gasteiger partial charge in [0.2, 0.25) is 0 Å². The Hall–Kier alpha value is -4.46. The molecule has 8 nitrogen and oxygen atoms in total. The van der Waals surface area contributed by atoms with Gasteiger partial charge in [0.1, 0.15) is 11.5 Å². The van der Waals surface area contributed by atoms with Gasteiger partial charge in [0.15, 0.2) is 0 Å². The molecule has 182 valence electrons. The van der Waals surface area contributed by atoms with E-state index in [1.807, 2.05) is 42.5 Å².